The molecule has 0 fully saturated rings. The van der Waals surface area contributed by atoms with Crippen molar-refractivity contribution in [2.24, 2.45) is 0 Å². The second-order valence-electron chi connectivity index (χ2n) is 2.95. The number of hydrogen-bond acceptors (Lipinski definition) is 5. The van der Waals surface area contributed by atoms with Crippen LogP contribution in [0.1, 0.15) is 22.1 Å². The van der Waals surface area contributed by atoms with Crippen molar-refractivity contribution in [2.45, 2.75) is 6.42 Å². The summed E-state index contributed by atoms with van der Waals surface area (Å²) in [5.74, 6) is -1.68. The van der Waals surface area contributed by atoms with E-state index in [9.17, 15) is 9.90 Å². The Bertz CT molecular complexity index is 470. The molecule has 0 radical (unpaired) electrons. The van der Waals surface area contributed by atoms with Crippen LogP contribution >= 0.6 is 0 Å². The van der Waals surface area contributed by atoms with Gasteiger partial charge in [0.1, 0.15) is 5.97 Å². The van der Waals surface area contributed by atoms with Gasteiger partial charge in [-0.2, -0.15) is 0 Å². The minimum absolute atomic E-state index is 0. The first-order valence-electron chi connectivity index (χ1n) is 4.33. The van der Waals surface area contributed by atoms with Gasteiger partial charge < -0.3 is 14.3 Å². The van der Waals surface area contributed by atoms with Gasteiger partial charge in [-0.25, -0.2) is 0 Å². The molecule has 5 nitrogen and oxygen atoms in total. The molecule has 76 valence electrons. The molecular weight excluding hydrogens is 203 g/mol. The average Bonchev–Trinajstić information content (AvgIpc) is 2.68. The predicted octanol–water partition coefficient (Wildman–Crippen LogP) is -2.97. The van der Waals surface area contributed by atoms with E-state index in [4.69, 9.17) is 4.42 Å². The van der Waals surface area contributed by atoms with Gasteiger partial charge in [0.25, 0.3) is 5.89 Å². The van der Waals surface area contributed by atoms with E-state index in [2.05, 4.69) is 10.2 Å². The van der Waals surface area contributed by atoms with E-state index < -0.39 is 11.9 Å². The summed E-state index contributed by atoms with van der Waals surface area (Å²) in [5, 5.41) is 17.3. The van der Waals surface area contributed by atoms with Crippen LogP contribution in [-0.4, -0.2) is 16.2 Å². The number of aromatic carboxylic acids is 1. The Morgan fingerprint density at radius 2 is 1.94 bits per heavy atom. The molecule has 2 aromatic rings. The fourth-order valence-corrected chi connectivity index (χ4v) is 1.18. The van der Waals surface area contributed by atoms with E-state index in [1.165, 1.54) is 0 Å². The summed E-state index contributed by atoms with van der Waals surface area (Å²) in [7, 11) is 0. The quantitative estimate of drug-likeness (QED) is 0.505. The van der Waals surface area contributed by atoms with E-state index in [1.807, 2.05) is 30.3 Å². The largest absolute Gasteiger partial charge is 1.00 e. The van der Waals surface area contributed by atoms with E-state index in [0.717, 1.165) is 5.56 Å². The van der Waals surface area contributed by atoms with Gasteiger partial charge in [-0.1, -0.05) is 30.3 Å². The summed E-state index contributed by atoms with van der Waals surface area (Å²) in [4.78, 5) is 10.4. The van der Waals surface area contributed by atoms with E-state index in [0.29, 0.717) is 6.42 Å². The fourth-order valence-electron chi connectivity index (χ4n) is 1.18. The Morgan fingerprint density at radius 3 is 2.50 bits per heavy atom. The molecule has 1 heterocycles. The second-order valence-corrected chi connectivity index (χ2v) is 2.95. The first-order valence-corrected chi connectivity index (χ1v) is 4.33. The molecule has 0 saturated carbocycles. The monoisotopic (exact) mass is 210 g/mol. The van der Waals surface area contributed by atoms with E-state index >= 15 is 0 Å². The Labute approximate surface area is 104 Å². The average molecular weight is 210 g/mol. The number of rotatable bonds is 3. The molecule has 0 aliphatic carbocycles. The molecule has 0 amide bonds. The van der Waals surface area contributed by atoms with Gasteiger partial charge in [0.15, 0.2) is 0 Å². The van der Waals surface area contributed by atoms with Crippen LogP contribution in [0.3, 0.4) is 0 Å². The SMILES string of the molecule is O=C([O-])c1nnc(Cc2ccccc2)o1.[Li+]. The number of nitrogens with zero attached hydrogens (tertiary/aromatic N) is 2. The van der Waals surface area contributed by atoms with Crippen LogP contribution in [0, 0.1) is 0 Å². The van der Waals surface area contributed by atoms with Crippen molar-refractivity contribution in [3.63, 3.8) is 0 Å². The zero-order chi connectivity index (χ0) is 10.7. The van der Waals surface area contributed by atoms with Crippen LogP contribution in [0.5, 0.6) is 0 Å². The number of carbonyl (C=O) groups is 1. The summed E-state index contributed by atoms with van der Waals surface area (Å²) >= 11 is 0. The minimum Gasteiger partial charge on any atom is -0.540 e. The van der Waals surface area contributed by atoms with Gasteiger partial charge >= 0.3 is 18.9 Å². The molecule has 1 aromatic carbocycles. The topological polar surface area (TPSA) is 79.0 Å². The van der Waals surface area contributed by atoms with Gasteiger partial charge in [-0.05, 0) is 5.56 Å². The Hall–Kier alpha value is -1.57. The summed E-state index contributed by atoms with van der Waals surface area (Å²) in [6, 6.07) is 9.44. The predicted molar refractivity (Wildman–Crippen MR) is 47.9 cm³/mol. The molecule has 0 spiro atoms. The van der Waals surface area contributed by atoms with Crippen LogP contribution in [0.4, 0.5) is 0 Å². The molecule has 6 heteroatoms. The molecule has 0 unspecified atom stereocenters. The number of carboxylic acids is 1. The Balaban J connectivity index is 0.00000128. The van der Waals surface area contributed by atoms with Crippen LogP contribution in [0.25, 0.3) is 0 Å². The van der Waals surface area contributed by atoms with Crippen molar-refractivity contribution in [2.75, 3.05) is 0 Å². The van der Waals surface area contributed by atoms with Gasteiger partial charge in [-0.15, -0.1) is 10.2 Å². The number of hydrogen-bond donors (Lipinski definition) is 0. The first kappa shape index (κ1) is 12.5. The minimum atomic E-state index is -1.46. The van der Waals surface area contributed by atoms with Crippen molar-refractivity contribution in [3.05, 3.63) is 47.7 Å². The maximum Gasteiger partial charge on any atom is 1.00 e. The van der Waals surface area contributed by atoms with Gasteiger partial charge in [0, 0.05) is 0 Å². The van der Waals surface area contributed by atoms with E-state index in [1.54, 1.807) is 0 Å². The molecule has 0 bridgehead atoms. The van der Waals surface area contributed by atoms with Gasteiger partial charge in [-0.3, -0.25) is 0 Å². The maximum absolute atomic E-state index is 10.4. The smallest absolute Gasteiger partial charge is 0.540 e. The molecule has 1 aromatic heterocycles. The van der Waals surface area contributed by atoms with Crippen molar-refractivity contribution in [1.82, 2.24) is 10.2 Å². The molecule has 0 atom stereocenters. The Kier molecular flexibility index (Phi) is 4.29. The van der Waals surface area contributed by atoms with Crippen molar-refractivity contribution in [1.29, 1.82) is 0 Å². The third-order valence-electron chi connectivity index (χ3n) is 1.84. The molecule has 2 rings (SSSR count). The fraction of sp³-hybridized carbons (Fsp3) is 0.100. The van der Waals surface area contributed by atoms with Gasteiger partial charge in [0.05, 0.1) is 6.42 Å². The summed E-state index contributed by atoms with van der Waals surface area (Å²) in [6.45, 7) is 0. The number of carbonyl (C=O) groups excluding carboxylic acids is 1. The molecule has 0 saturated heterocycles. The molecular formula is C10H7LiN2O3. The second kappa shape index (κ2) is 5.49. The van der Waals surface area contributed by atoms with Crippen LogP contribution in [0.15, 0.2) is 34.7 Å². The summed E-state index contributed by atoms with van der Waals surface area (Å²) in [5.41, 5.74) is 0.978. The third kappa shape index (κ3) is 2.96. The zero-order valence-electron chi connectivity index (χ0n) is 8.71. The Morgan fingerprint density at radius 1 is 1.25 bits per heavy atom. The molecule has 16 heavy (non-hydrogen) atoms. The number of carboxylic acid groups (broad SMARTS) is 1. The van der Waals surface area contributed by atoms with Crippen molar-refractivity contribution < 1.29 is 33.2 Å². The van der Waals surface area contributed by atoms with Crippen molar-refractivity contribution in [3.8, 4) is 0 Å². The molecule has 0 N–H and O–H groups in total. The summed E-state index contributed by atoms with van der Waals surface area (Å²) in [6.07, 6.45) is 0.418. The van der Waals surface area contributed by atoms with Crippen LogP contribution < -0.4 is 24.0 Å². The number of aromatic nitrogens is 2. The van der Waals surface area contributed by atoms with Gasteiger partial charge in [0.2, 0.25) is 5.89 Å². The van der Waals surface area contributed by atoms with Crippen LogP contribution in [0.2, 0.25) is 0 Å². The molecule has 0 aliphatic rings. The van der Waals surface area contributed by atoms with E-state index in [-0.39, 0.29) is 24.8 Å². The van der Waals surface area contributed by atoms with Crippen LogP contribution in [-0.2, 0) is 6.42 Å². The third-order valence-corrected chi connectivity index (χ3v) is 1.84. The van der Waals surface area contributed by atoms with Crippen molar-refractivity contribution >= 4 is 5.97 Å². The molecule has 0 aliphatic heterocycles. The summed E-state index contributed by atoms with van der Waals surface area (Å²) < 4.78 is 4.86. The first-order chi connectivity index (χ1) is 7.25. The standard InChI is InChI=1S/C10H8N2O3.Li/c13-10(14)9-12-11-8(15-9)6-7-4-2-1-3-5-7;/h1-5H,6H2,(H,13,14);/q;+1/p-1. The maximum atomic E-state index is 10.4. The normalized spacial score (nSPS) is 9.50. The number of benzene rings is 1. The zero-order valence-corrected chi connectivity index (χ0v) is 8.71.